The van der Waals surface area contributed by atoms with Gasteiger partial charge in [-0.1, -0.05) is 0 Å². The number of nitrogens with zero attached hydrogens (tertiary/aromatic N) is 4. The van der Waals surface area contributed by atoms with Crippen molar-refractivity contribution < 1.29 is 27.6 Å². The quantitative estimate of drug-likeness (QED) is 0.528. The van der Waals surface area contributed by atoms with Gasteiger partial charge in [0.15, 0.2) is 23.8 Å². The van der Waals surface area contributed by atoms with Crippen LogP contribution in [-0.2, 0) is 19.0 Å². The molecule has 3 rings (SSSR count). The molecular weight excluding hydrogens is 330 g/mol. The Bertz CT molecular complexity index is 823. The summed E-state index contributed by atoms with van der Waals surface area (Å²) in [6.45, 7) is -0.509. The summed E-state index contributed by atoms with van der Waals surface area (Å²) in [5, 5.41) is 19.4. The molecule has 0 bridgehead atoms. The highest BCUT2D eigenvalue weighted by Crippen LogP contribution is 2.34. The minimum absolute atomic E-state index is 0.145. The van der Waals surface area contributed by atoms with Gasteiger partial charge in [-0.25, -0.2) is 15.0 Å². The van der Waals surface area contributed by atoms with Crippen LogP contribution in [0.2, 0.25) is 0 Å². The van der Waals surface area contributed by atoms with Gasteiger partial charge in [-0.05, 0) is 0 Å². The molecule has 1 fully saturated rings. The molecule has 2 aromatic rings. The molecule has 3 heterocycles. The van der Waals surface area contributed by atoms with E-state index < -0.39 is 41.3 Å². The van der Waals surface area contributed by atoms with Crippen LogP contribution in [0.1, 0.15) is 6.23 Å². The van der Waals surface area contributed by atoms with Gasteiger partial charge in [-0.2, -0.15) is 8.42 Å². The van der Waals surface area contributed by atoms with E-state index in [-0.39, 0.29) is 11.5 Å². The van der Waals surface area contributed by atoms with Crippen molar-refractivity contribution in [2.24, 2.45) is 0 Å². The number of nitrogen functional groups attached to an aromatic ring is 1. The first-order chi connectivity index (χ1) is 10.8. The number of hydrogen-bond donors (Lipinski definition) is 3. The molecule has 0 aromatic carbocycles. The van der Waals surface area contributed by atoms with Crippen molar-refractivity contribution in [2.75, 3.05) is 18.6 Å². The molecule has 12 heteroatoms. The lowest BCUT2D eigenvalue weighted by Crippen LogP contribution is -2.36. The van der Waals surface area contributed by atoms with Crippen LogP contribution < -0.4 is 5.73 Å². The summed E-state index contributed by atoms with van der Waals surface area (Å²) in [7, 11) is -3.87. The zero-order chi connectivity index (χ0) is 16.8. The van der Waals surface area contributed by atoms with Gasteiger partial charge in [0.25, 0.3) is 10.1 Å². The largest absolute Gasteiger partial charge is 0.394 e. The predicted molar refractivity (Wildman–Crippen MR) is 76.5 cm³/mol. The van der Waals surface area contributed by atoms with Crippen molar-refractivity contribution in [1.29, 1.82) is 0 Å². The summed E-state index contributed by atoms with van der Waals surface area (Å²) < 4.78 is 34.7. The Hall–Kier alpha value is -1.86. The van der Waals surface area contributed by atoms with Crippen LogP contribution in [-0.4, -0.2) is 69.3 Å². The Morgan fingerprint density at radius 2 is 2.17 bits per heavy atom. The molecule has 0 amide bonds. The molecule has 2 aromatic heterocycles. The van der Waals surface area contributed by atoms with Crippen molar-refractivity contribution in [1.82, 2.24) is 19.5 Å². The fourth-order valence-corrected chi connectivity index (χ4v) is 3.07. The summed E-state index contributed by atoms with van der Waals surface area (Å²) in [6, 6.07) is 0. The standard InChI is InChI=1S/C11H15N5O6S/c1-23(19,20)22-8-7(18)5(2-17)21-11(8)16-4-15-6-9(12)13-3-14-10(6)16/h3-5,7-8,11,17-18H,2H2,1H3,(H2,12,13,14)/t5-,7-,8+,11-/m1/s1. The number of fused-ring (bicyclic) bond motifs is 1. The first-order valence-electron chi connectivity index (χ1n) is 6.57. The Labute approximate surface area is 130 Å². The molecule has 0 spiro atoms. The maximum atomic E-state index is 11.4. The highest BCUT2D eigenvalue weighted by molar-refractivity contribution is 7.86. The number of hydrogen-bond acceptors (Lipinski definition) is 10. The molecular formula is C11H15N5O6S. The lowest BCUT2D eigenvalue weighted by Gasteiger charge is -2.20. The summed E-state index contributed by atoms with van der Waals surface area (Å²) in [5.74, 6) is 0.145. The first-order valence-corrected chi connectivity index (χ1v) is 8.39. The Balaban J connectivity index is 2.05. The summed E-state index contributed by atoms with van der Waals surface area (Å²) >= 11 is 0. The molecule has 23 heavy (non-hydrogen) atoms. The molecule has 1 aliphatic rings. The van der Waals surface area contributed by atoms with Gasteiger partial charge in [-0.3, -0.25) is 8.75 Å². The van der Waals surface area contributed by atoms with Crippen LogP contribution in [0.15, 0.2) is 12.7 Å². The second-order valence-corrected chi connectivity index (χ2v) is 6.69. The van der Waals surface area contributed by atoms with Gasteiger partial charge >= 0.3 is 0 Å². The minimum Gasteiger partial charge on any atom is -0.394 e. The third kappa shape index (κ3) is 2.86. The number of ether oxygens (including phenoxy) is 1. The lowest BCUT2D eigenvalue weighted by molar-refractivity contribution is -0.0483. The average molecular weight is 345 g/mol. The highest BCUT2D eigenvalue weighted by Gasteiger charge is 2.47. The number of aliphatic hydroxyl groups is 2. The molecule has 11 nitrogen and oxygen atoms in total. The monoisotopic (exact) mass is 345 g/mol. The maximum Gasteiger partial charge on any atom is 0.264 e. The SMILES string of the molecule is CS(=O)(=O)O[C@H]1[C@H](O)[C@@H](CO)O[C@H]1n1cnc2c(N)ncnc21. The Morgan fingerprint density at radius 3 is 2.83 bits per heavy atom. The van der Waals surface area contributed by atoms with Gasteiger partial charge in [0, 0.05) is 0 Å². The summed E-state index contributed by atoms with van der Waals surface area (Å²) in [6.07, 6.45) is -1.29. The number of rotatable bonds is 4. The zero-order valence-electron chi connectivity index (χ0n) is 12.0. The molecule has 126 valence electrons. The van der Waals surface area contributed by atoms with E-state index in [1.54, 1.807) is 0 Å². The van der Waals surface area contributed by atoms with Crippen molar-refractivity contribution in [3.05, 3.63) is 12.7 Å². The van der Waals surface area contributed by atoms with Crippen LogP contribution in [0.5, 0.6) is 0 Å². The van der Waals surface area contributed by atoms with E-state index in [0.717, 1.165) is 6.26 Å². The topological polar surface area (TPSA) is 163 Å². The molecule has 4 atom stereocenters. The lowest BCUT2D eigenvalue weighted by atomic mass is 10.1. The van der Waals surface area contributed by atoms with E-state index in [2.05, 4.69) is 15.0 Å². The highest BCUT2D eigenvalue weighted by atomic mass is 32.2. The smallest absolute Gasteiger partial charge is 0.264 e. The normalized spacial score (nSPS) is 28.5. The molecule has 0 unspecified atom stereocenters. The molecule has 0 aliphatic carbocycles. The minimum atomic E-state index is -3.87. The van der Waals surface area contributed by atoms with E-state index in [4.69, 9.17) is 14.7 Å². The van der Waals surface area contributed by atoms with Crippen LogP contribution >= 0.6 is 0 Å². The Kier molecular flexibility index (Phi) is 3.93. The van der Waals surface area contributed by atoms with Gasteiger partial charge < -0.3 is 20.7 Å². The Morgan fingerprint density at radius 1 is 1.43 bits per heavy atom. The predicted octanol–water partition coefficient (Wildman–Crippen LogP) is -2.00. The number of aromatic nitrogens is 4. The number of nitrogens with two attached hydrogens (primary N) is 1. The first kappa shape index (κ1) is 16.0. The van der Waals surface area contributed by atoms with Gasteiger partial charge in [0.1, 0.15) is 24.1 Å². The van der Waals surface area contributed by atoms with E-state index in [1.165, 1.54) is 17.2 Å². The second-order valence-electron chi connectivity index (χ2n) is 5.09. The van der Waals surface area contributed by atoms with E-state index >= 15 is 0 Å². The van der Waals surface area contributed by atoms with E-state index in [1.807, 2.05) is 0 Å². The third-order valence-electron chi connectivity index (χ3n) is 3.44. The number of imidazole rings is 1. The molecule has 0 radical (unpaired) electrons. The summed E-state index contributed by atoms with van der Waals surface area (Å²) in [4.78, 5) is 11.9. The number of aliphatic hydroxyl groups excluding tert-OH is 2. The van der Waals surface area contributed by atoms with Crippen LogP contribution in [0.25, 0.3) is 11.2 Å². The third-order valence-corrected chi connectivity index (χ3v) is 4.01. The second kappa shape index (κ2) is 5.65. The van der Waals surface area contributed by atoms with Gasteiger partial charge in [0.2, 0.25) is 0 Å². The number of anilines is 1. The van der Waals surface area contributed by atoms with Crippen molar-refractivity contribution in [3.63, 3.8) is 0 Å². The zero-order valence-corrected chi connectivity index (χ0v) is 12.8. The van der Waals surface area contributed by atoms with Crippen molar-refractivity contribution in [2.45, 2.75) is 24.5 Å². The molecule has 1 aliphatic heterocycles. The fourth-order valence-electron chi connectivity index (χ4n) is 2.45. The van der Waals surface area contributed by atoms with Crippen molar-refractivity contribution in [3.8, 4) is 0 Å². The van der Waals surface area contributed by atoms with Crippen LogP contribution in [0, 0.1) is 0 Å². The van der Waals surface area contributed by atoms with E-state index in [9.17, 15) is 18.6 Å². The van der Waals surface area contributed by atoms with Gasteiger partial charge in [-0.15, -0.1) is 0 Å². The maximum absolute atomic E-state index is 11.4. The van der Waals surface area contributed by atoms with E-state index in [0.29, 0.717) is 5.52 Å². The summed E-state index contributed by atoms with van der Waals surface area (Å²) in [5.41, 5.74) is 6.29. The van der Waals surface area contributed by atoms with Gasteiger partial charge in [0.05, 0.1) is 19.2 Å². The van der Waals surface area contributed by atoms with Crippen LogP contribution in [0.3, 0.4) is 0 Å². The molecule has 4 N–H and O–H groups in total. The molecule has 1 saturated heterocycles. The van der Waals surface area contributed by atoms with Crippen LogP contribution in [0.4, 0.5) is 5.82 Å². The average Bonchev–Trinajstić information content (AvgIpc) is 3.01. The van der Waals surface area contributed by atoms with Crippen molar-refractivity contribution >= 4 is 27.1 Å². The molecule has 0 saturated carbocycles. The fraction of sp³-hybridized carbons (Fsp3) is 0.545.